The highest BCUT2D eigenvalue weighted by atomic mass is 16.6. The van der Waals surface area contributed by atoms with Gasteiger partial charge in [0.1, 0.15) is 0 Å². The van der Waals surface area contributed by atoms with E-state index in [0.29, 0.717) is 18.4 Å². The highest BCUT2D eigenvalue weighted by Gasteiger charge is 2.40. The van der Waals surface area contributed by atoms with E-state index in [1.54, 1.807) is 6.92 Å². The molecule has 1 aromatic rings. The van der Waals surface area contributed by atoms with Crippen LogP contribution in [0.2, 0.25) is 0 Å². The molecule has 0 bridgehead atoms. The molecule has 21 heavy (non-hydrogen) atoms. The van der Waals surface area contributed by atoms with Gasteiger partial charge >= 0.3 is 5.97 Å². The Morgan fingerprint density at radius 1 is 1.43 bits per heavy atom. The zero-order chi connectivity index (χ0) is 15.6. The molecule has 0 heterocycles. The van der Waals surface area contributed by atoms with E-state index >= 15 is 0 Å². The molecule has 0 aliphatic heterocycles. The van der Waals surface area contributed by atoms with Gasteiger partial charge in [0.25, 0.3) is 11.6 Å². The molecule has 0 radical (unpaired) electrons. The van der Waals surface area contributed by atoms with Crippen molar-refractivity contribution >= 4 is 17.6 Å². The first-order valence-electron chi connectivity index (χ1n) is 6.62. The number of nitro groups is 1. The van der Waals surface area contributed by atoms with Crippen molar-refractivity contribution in [1.82, 2.24) is 5.32 Å². The van der Waals surface area contributed by atoms with Crippen LogP contribution in [0, 0.1) is 17.0 Å². The maximum atomic E-state index is 12.3. The minimum atomic E-state index is -0.967. The second kappa shape index (κ2) is 5.51. The summed E-state index contributed by atoms with van der Waals surface area (Å²) in [5.74, 6) is -1.43. The summed E-state index contributed by atoms with van der Waals surface area (Å²) >= 11 is 0. The van der Waals surface area contributed by atoms with E-state index in [-0.39, 0.29) is 17.7 Å². The number of non-ortho nitro benzene ring substituents is 1. The molecule has 7 heteroatoms. The van der Waals surface area contributed by atoms with Crippen molar-refractivity contribution in [2.24, 2.45) is 0 Å². The van der Waals surface area contributed by atoms with Gasteiger partial charge in [0.2, 0.25) is 0 Å². The van der Waals surface area contributed by atoms with Crippen molar-refractivity contribution in [3.63, 3.8) is 0 Å². The first kappa shape index (κ1) is 15.0. The van der Waals surface area contributed by atoms with E-state index in [1.165, 1.54) is 18.2 Å². The van der Waals surface area contributed by atoms with Gasteiger partial charge in [-0.3, -0.25) is 19.7 Å². The fraction of sp³-hybridized carbons (Fsp3) is 0.429. The third-order valence-corrected chi connectivity index (χ3v) is 3.86. The zero-order valence-corrected chi connectivity index (χ0v) is 11.6. The third kappa shape index (κ3) is 3.18. The monoisotopic (exact) mass is 292 g/mol. The lowest BCUT2D eigenvalue weighted by Crippen LogP contribution is -2.54. The second-order valence-corrected chi connectivity index (χ2v) is 5.41. The van der Waals surface area contributed by atoms with Crippen molar-refractivity contribution < 1.29 is 19.6 Å². The van der Waals surface area contributed by atoms with Crippen LogP contribution in [0.15, 0.2) is 18.2 Å². The number of nitrogens with one attached hydrogen (secondary N) is 1. The van der Waals surface area contributed by atoms with Crippen LogP contribution in [0.1, 0.15) is 41.6 Å². The Balaban J connectivity index is 2.22. The molecule has 0 spiro atoms. The molecular formula is C14H16N2O5. The van der Waals surface area contributed by atoms with E-state index in [4.69, 9.17) is 5.11 Å². The minimum absolute atomic E-state index is 0.132. The number of aryl methyl sites for hydroxylation is 1. The summed E-state index contributed by atoms with van der Waals surface area (Å²) < 4.78 is 0. The predicted molar refractivity (Wildman–Crippen MR) is 74.1 cm³/mol. The minimum Gasteiger partial charge on any atom is -0.481 e. The second-order valence-electron chi connectivity index (χ2n) is 5.41. The van der Waals surface area contributed by atoms with Crippen LogP contribution in [0.4, 0.5) is 5.69 Å². The lowest BCUT2D eigenvalue weighted by molar-refractivity contribution is -0.384. The quantitative estimate of drug-likeness (QED) is 0.637. The molecule has 112 valence electrons. The van der Waals surface area contributed by atoms with Gasteiger partial charge in [0.05, 0.1) is 16.9 Å². The Bertz CT molecular complexity index is 607. The molecule has 1 aromatic carbocycles. The van der Waals surface area contributed by atoms with Gasteiger partial charge in [0.15, 0.2) is 0 Å². The molecule has 0 unspecified atom stereocenters. The van der Waals surface area contributed by atoms with Gasteiger partial charge < -0.3 is 10.4 Å². The molecule has 1 aliphatic rings. The summed E-state index contributed by atoms with van der Waals surface area (Å²) in [7, 11) is 0. The Hall–Kier alpha value is -2.44. The third-order valence-electron chi connectivity index (χ3n) is 3.86. The number of nitro benzene ring substituents is 1. The van der Waals surface area contributed by atoms with Crippen LogP contribution in [0.3, 0.4) is 0 Å². The Morgan fingerprint density at radius 3 is 2.57 bits per heavy atom. The number of nitrogens with zero attached hydrogens (tertiary/aromatic N) is 1. The number of aliphatic carboxylic acids is 1. The van der Waals surface area contributed by atoms with Gasteiger partial charge in [-0.05, 0) is 31.7 Å². The Kier molecular flexibility index (Phi) is 3.93. The van der Waals surface area contributed by atoms with Crippen LogP contribution in [-0.4, -0.2) is 27.4 Å². The topological polar surface area (TPSA) is 110 Å². The number of hydrogen-bond donors (Lipinski definition) is 2. The van der Waals surface area contributed by atoms with Gasteiger partial charge in [-0.2, -0.15) is 0 Å². The number of benzene rings is 1. The van der Waals surface area contributed by atoms with Crippen LogP contribution >= 0.6 is 0 Å². The summed E-state index contributed by atoms with van der Waals surface area (Å²) in [5.41, 5.74) is -0.0598. The fourth-order valence-electron chi connectivity index (χ4n) is 2.52. The lowest BCUT2D eigenvalue weighted by Gasteiger charge is -2.41. The van der Waals surface area contributed by atoms with Gasteiger partial charge in [-0.15, -0.1) is 0 Å². The summed E-state index contributed by atoms with van der Waals surface area (Å²) in [6, 6.07) is 4.07. The highest BCUT2D eigenvalue weighted by molar-refractivity contribution is 5.97. The SMILES string of the molecule is Cc1ccc([N+](=O)[O-])cc1C(=O)NC1(CC(=O)O)CCC1. The number of carboxylic acids is 1. The van der Waals surface area contributed by atoms with Gasteiger partial charge in [0, 0.05) is 17.7 Å². The van der Waals surface area contributed by atoms with Crippen LogP contribution < -0.4 is 5.32 Å². The van der Waals surface area contributed by atoms with Crippen LogP contribution in [0.25, 0.3) is 0 Å². The maximum Gasteiger partial charge on any atom is 0.305 e. The van der Waals surface area contributed by atoms with Gasteiger partial charge in [-0.25, -0.2) is 0 Å². The first-order chi connectivity index (χ1) is 9.83. The van der Waals surface area contributed by atoms with E-state index in [1.807, 2.05) is 0 Å². The standard InChI is InChI=1S/C14H16N2O5/c1-9-3-4-10(16(20)21)7-11(9)13(19)15-14(5-2-6-14)8-12(17)18/h3-4,7H,2,5-6,8H2,1H3,(H,15,19)(H,17,18). The summed E-state index contributed by atoms with van der Waals surface area (Å²) in [6.07, 6.45) is 1.95. The smallest absolute Gasteiger partial charge is 0.305 e. The molecule has 1 aliphatic carbocycles. The van der Waals surface area contributed by atoms with E-state index < -0.39 is 22.3 Å². The Labute approximate surface area is 121 Å². The summed E-state index contributed by atoms with van der Waals surface area (Å²) in [4.78, 5) is 33.4. The van der Waals surface area contributed by atoms with E-state index in [2.05, 4.69) is 5.32 Å². The lowest BCUT2D eigenvalue weighted by atomic mass is 9.74. The molecule has 0 aromatic heterocycles. The number of hydrogen-bond acceptors (Lipinski definition) is 4. The van der Waals surface area contributed by atoms with Crippen molar-refractivity contribution in [3.05, 3.63) is 39.4 Å². The number of carboxylic acid groups (broad SMARTS) is 1. The fourth-order valence-corrected chi connectivity index (χ4v) is 2.52. The Morgan fingerprint density at radius 2 is 2.10 bits per heavy atom. The molecule has 1 amide bonds. The molecule has 0 saturated heterocycles. The maximum absolute atomic E-state index is 12.3. The van der Waals surface area contributed by atoms with Crippen LogP contribution in [-0.2, 0) is 4.79 Å². The molecule has 1 fully saturated rings. The summed E-state index contributed by atoms with van der Waals surface area (Å²) in [5, 5.41) is 22.5. The van der Waals surface area contributed by atoms with E-state index in [0.717, 1.165) is 6.42 Å². The molecule has 0 atom stereocenters. The number of carbonyl (C=O) groups is 2. The van der Waals surface area contributed by atoms with Crippen molar-refractivity contribution in [1.29, 1.82) is 0 Å². The number of carbonyl (C=O) groups excluding carboxylic acids is 1. The molecule has 2 N–H and O–H groups in total. The normalized spacial score (nSPS) is 15.9. The number of rotatable bonds is 5. The summed E-state index contributed by atoms with van der Waals surface area (Å²) in [6.45, 7) is 1.68. The van der Waals surface area contributed by atoms with Crippen LogP contribution in [0.5, 0.6) is 0 Å². The molecule has 1 saturated carbocycles. The van der Waals surface area contributed by atoms with Gasteiger partial charge in [-0.1, -0.05) is 6.07 Å². The van der Waals surface area contributed by atoms with Crippen molar-refractivity contribution in [3.8, 4) is 0 Å². The first-order valence-corrected chi connectivity index (χ1v) is 6.62. The average molecular weight is 292 g/mol. The average Bonchev–Trinajstić information content (AvgIpc) is 2.35. The molecular weight excluding hydrogens is 276 g/mol. The number of amides is 1. The largest absolute Gasteiger partial charge is 0.481 e. The highest BCUT2D eigenvalue weighted by Crippen LogP contribution is 2.35. The van der Waals surface area contributed by atoms with E-state index in [9.17, 15) is 19.7 Å². The predicted octanol–water partition coefficient (Wildman–Crippen LogP) is 2.03. The molecule has 2 rings (SSSR count). The van der Waals surface area contributed by atoms with Crippen molar-refractivity contribution in [2.75, 3.05) is 0 Å². The van der Waals surface area contributed by atoms with Crippen molar-refractivity contribution in [2.45, 2.75) is 38.1 Å². The molecule has 7 nitrogen and oxygen atoms in total. The zero-order valence-electron chi connectivity index (χ0n) is 11.6.